The van der Waals surface area contributed by atoms with Crippen molar-refractivity contribution in [2.75, 3.05) is 5.75 Å². The van der Waals surface area contributed by atoms with E-state index >= 15 is 4.39 Å². The Kier molecular flexibility index (Phi) is 7.34. The quantitative estimate of drug-likeness (QED) is 0.411. The van der Waals surface area contributed by atoms with Crippen molar-refractivity contribution in [2.45, 2.75) is 83.2 Å². The average Bonchev–Trinajstić information content (AvgIpc) is 3.27. The van der Waals surface area contributed by atoms with Crippen molar-refractivity contribution in [2.24, 2.45) is 0 Å². The summed E-state index contributed by atoms with van der Waals surface area (Å²) >= 11 is 5.53. The number of nitrogens with one attached hydrogen (secondary N) is 1. The Morgan fingerprint density at radius 2 is 1.79 bits per heavy atom. The van der Waals surface area contributed by atoms with Crippen LogP contribution >= 0.6 is 12.2 Å². The van der Waals surface area contributed by atoms with E-state index in [1.807, 2.05) is 38.1 Å². The first-order valence-corrected chi connectivity index (χ1v) is 14.3. The Balaban J connectivity index is 1.80. The average molecular weight is 504 g/mol. The zero-order valence-electron chi connectivity index (χ0n) is 20.2. The third-order valence-electron chi connectivity index (χ3n) is 7.35. The summed E-state index contributed by atoms with van der Waals surface area (Å²) in [7, 11) is -3.48. The first-order valence-electron chi connectivity index (χ1n) is 12.3. The normalized spacial score (nSPS) is 17.4. The van der Waals surface area contributed by atoms with E-state index in [2.05, 4.69) is 4.72 Å². The van der Waals surface area contributed by atoms with Gasteiger partial charge in [-0.25, -0.2) is 12.8 Å². The predicted molar refractivity (Wildman–Crippen MR) is 140 cm³/mol. The van der Waals surface area contributed by atoms with Crippen molar-refractivity contribution in [3.63, 3.8) is 0 Å². The zero-order chi connectivity index (χ0) is 24.5. The zero-order valence-corrected chi connectivity index (χ0v) is 21.8. The van der Waals surface area contributed by atoms with Crippen molar-refractivity contribution < 1.29 is 17.5 Å². The van der Waals surface area contributed by atoms with Crippen molar-refractivity contribution in [1.29, 1.82) is 0 Å². The molecule has 0 radical (unpaired) electrons. The summed E-state index contributed by atoms with van der Waals surface area (Å²) in [5.41, 5.74) is 2.57. The molecule has 0 spiro atoms. The number of hydrogen-bond donors (Lipinski definition) is 1. The maximum atomic E-state index is 15.1. The molecule has 2 saturated carbocycles. The Labute approximate surface area is 208 Å². The van der Waals surface area contributed by atoms with E-state index in [0.29, 0.717) is 0 Å². The topological polar surface area (TPSA) is 55.4 Å². The Hall–Kier alpha value is -1.99. The molecule has 0 saturated heterocycles. The molecule has 34 heavy (non-hydrogen) atoms. The van der Waals surface area contributed by atoms with Crippen molar-refractivity contribution in [1.82, 2.24) is 4.72 Å². The van der Waals surface area contributed by atoms with Gasteiger partial charge in [-0.3, -0.25) is 4.72 Å². The molecule has 0 heterocycles. The minimum Gasteiger partial charge on any atom is -0.490 e. The van der Waals surface area contributed by atoms with E-state index in [0.717, 1.165) is 72.9 Å². The third-order valence-corrected chi connectivity index (χ3v) is 9.37. The fraction of sp³-hybridized carbons (Fsp3) is 0.519. The standard InChI is InChI=1S/C27H34FNO3S2/c1-4-34(30,31)29-26(33)27(2,3)19-15-16-24(32-20-11-5-6-12-20)22(17-19)21-13-8-14-23(28)25(21)18-9-7-10-18/h8,13-18,20H,4-7,9-12H2,1-3H3,(H,29,33). The number of benzene rings is 2. The molecule has 0 aliphatic heterocycles. The van der Waals surface area contributed by atoms with E-state index in [9.17, 15) is 8.42 Å². The Morgan fingerprint density at radius 1 is 1.09 bits per heavy atom. The second-order valence-electron chi connectivity index (χ2n) is 10.0. The maximum absolute atomic E-state index is 15.1. The van der Waals surface area contributed by atoms with Crippen molar-refractivity contribution in [3.8, 4) is 16.9 Å². The van der Waals surface area contributed by atoms with Gasteiger partial charge in [-0.15, -0.1) is 0 Å². The molecule has 0 aromatic heterocycles. The van der Waals surface area contributed by atoms with Crippen molar-refractivity contribution in [3.05, 3.63) is 53.3 Å². The molecule has 1 N–H and O–H groups in total. The molecule has 7 heteroatoms. The molecule has 2 aromatic rings. The molecule has 0 bridgehead atoms. The van der Waals surface area contributed by atoms with Gasteiger partial charge >= 0.3 is 0 Å². The van der Waals surface area contributed by atoms with Crippen LogP contribution in [0.1, 0.15) is 82.8 Å². The third kappa shape index (κ3) is 5.15. The number of ether oxygens (including phenoxy) is 1. The number of sulfonamides is 1. The van der Waals surface area contributed by atoms with Crippen LogP contribution in [-0.4, -0.2) is 25.3 Å². The van der Waals surface area contributed by atoms with E-state index in [4.69, 9.17) is 17.0 Å². The highest BCUT2D eigenvalue weighted by Gasteiger charge is 2.32. The molecule has 0 amide bonds. The molecule has 184 valence electrons. The lowest BCUT2D eigenvalue weighted by atomic mass is 9.76. The van der Waals surface area contributed by atoms with Gasteiger partial charge in [0.15, 0.2) is 0 Å². The van der Waals surface area contributed by atoms with Crippen LogP contribution in [0.3, 0.4) is 0 Å². The summed E-state index contributed by atoms with van der Waals surface area (Å²) in [4.78, 5) is 0.239. The minimum absolute atomic E-state index is 0.0450. The molecule has 4 rings (SSSR count). The molecule has 0 unspecified atom stereocenters. The monoisotopic (exact) mass is 503 g/mol. The highest BCUT2D eigenvalue weighted by molar-refractivity contribution is 7.91. The van der Waals surface area contributed by atoms with Crippen molar-refractivity contribution >= 4 is 27.2 Å². The molecule has 4 nitrogen and oxygen atoms in total. The molecular weight excluding hydrogens is 469 g/mol. The van der Waals surface area contributed by atoms with Gasteiger partial charge in [0, 0.05) is 11.0 Å². The lowest BCUT2D eigenvalue weighted by Crippen LogP contribution is -2.42. The summed E-state index contributed by atoms with van der Waals surface area (Å²) in [5.74, 6) is 0.740. The lowest BCUT2D eigenvalue weighted by Gasteiger charge is -2.31. The first-order chi connectivity index (χ1) is 16.1. The van der Waals surface area contributed by atoms with Crippen LogP contribution < -0.4 is 9.46 Å². The van der Waals surface area contributed by atoms with Crippen LogP contribution in [0, 0.1) is 5.82 Å². The van der Waals surface area contributed by atoms with Crippen LogP contribution in [0.2, 0.25) is 0 Å². The minimum atomic E-state index is -3.48. The summed E-state index contributed by atoms with van der Waals surface area (Å²) in [5, 5.41) is 0. The SMILES string of the molecule is CCS(=O)(=O)NC(=S)C(C)(C)c1ccc(OC2CCCC2)c(-c2cccc(F)c2C2CCC2)c1. The second kappa shape index (κ2) is 9.94. The van der Waals surface area contributed by atoms with E-state index in [1.54, 1.807) is 13.0 Å². The van der Waals surface area contributed by atoms with Gasteiger partial charge in [0.25, 0.3) is 0 Å². The van der Waals surface area contributed by atoms with Gasteiger partial charge < -0.3 is 4.74 Å². The molecule has 2 aliphatic rings. The Morgan fingerprint density at radius 3 is 2.41 bits per heavy atom. The van der Waals surface area contributed by atoms with E-state index < -0.39 is 15.4 Å². The Bertz CT molecular complexity index is 1170. The van der Waals surface area contributed by atoms with E-state index in [-0.39, 0.29) is 28.6 Å². The summed E-state index contributed by atoms with van der Waals surface area (Å²) < 4.78 is 48.4. The molecule has 0 atom stereocenters. The van der Waals surface area contributed by atoms with Crippen LogP contribution in [0.25, 0.3) is 11.1 Å². The predicted octanol–water partition coefficient (Wildman–Crippen LogP) is 6.63. The fourth-order valence-electron chi connectivity index (χ4n) is 4.77. The van der Waals surface area contributed by atoms with Crippen LogP contribution in [0.5, 0.6) is 5.75 Å². The van der Waals surface area contributed by atoms with Gasteiger partial charge in [-0.2, -0.15) is 0 Å². The van der Waals surface area contributed by atoms with E-state index in [1.165, 1.54) is 6.07 Å². The highest BCUT2D eigenvalue weighted by Crippen LogP contribution is 2.46. The second-order valence-corrected chi connectivity index (χ2v) is 12.4. The number of thiocarbonyl (C=S) groups is 1. The van der Waals surface area contributed by atoms with Gasteiger partial charge in [0.05, 0.1) is 16.8 Å². The smallest absolute Gasteiger partial charge is 0.232 e. The van der Waals surface area contributed by atoms with Crippen LogP contribution in [-0.2, 0) is 15.4 Å². The molecule has 2 aliphatic carbocycles. The summed E-state index contributed by atoms with van der Waals surface area (Å²) in [6.45, 7) is 5.39. The van der Waals surface area contributed by atoms with Gasteiger partial charge in [-0.1, -0.05) is 36.8 Å². The highest BCUT2D eigenvalue weighted by atomic mass is 32.2. The van der Waals surface area contributed by atoms with Crippen LogP contribution in [0.15, 0.2) is 36.4 Å². The largest absolute Gasteiger partial charge is 0.490 e. The lowest BCUT2D eigenvalue weighted by molar-refractivity contribution is 0.211. The maximum Gasteiger partial charge on any atom is 0.232 e. The van der Waals surface area contributed by atoms with Gasteiger partial charge in [0.1, 0.15) is 11.6 Å². The number of halogens is 1. The molecule has 2 aromatic carbocycles. The van der Waals surface area contributed by atoms with Gasteiger partial charge in [-0.05, 0) is 100 Å². The number of hydrogen-bond acceptors (Lipinski definition) is 4. The summed E-state index contributed by atoms with van der Waals surface area (Å²) in [6, 6.07) is 11.2. The number of rotatable bonds is 8. The van der Waals surface area contributed by atoms with Crippen LogP contribution in [0.4, 0.5) is 4.39 Å². The summed E-state index contributed by atoms with van der Waals surface area (Å²) in [6.07, 6.45) is 7.61. The first kappa shape index (κ1) is 25.1. The molecular formula is C27H34FNO3S2. The fourth-order valence-corrected chi connectivity index (χ4v) is 5.95. The van der Waals surface area contributed by atoms with Gasteiger partial charge in [0.2, 0.25) is 10.0 Å². The molecule has 2 fully saturated rings.